The molecule has 1 N–H and O–H groups in total. The normalized spacial score (nSPS) is 12.5. The monoisotopic (exact) mass is 307 g/mol. The second-order valence-corrected chi connectivity index (χ2v) is 4.03. The minimum Gasteiger partial charge on any atom is -0.377 e. The van der Waals surface area contributed by atoms with Crippen LogP contribution in [-0.2, 0) is 4.74 Å². The average Bonchev–Trinajstić information content (AvgIpc) is 2.17. The van der Waals surface area contributed by atoms with Crippen molar-refractivity contribution in [1.29, 1.82) is 0 Å². The Morgan fingerprint density at radius 2 is 2.43 bits per heavy atom. The molecule has 0 fully saturated rings. The van der Waals surface area contributed by atoms with Gasteiger partial charge < -0.3 is 10.1 Å². The molecular formula is C9H14IN3O. The Morgan fingerprint density at radius 3 is 3.07 bits per heavy atom. The second kappa shape index (κ2) is 6.13. The van der Waals surface area contributed by atoms with Gasteiger partial charge in [0.15, 0.2) is 0 Å². The van der Waals surface area contributed by atoms with Gasteiger partial charge in [0.25, 0.3) is 0 Å². The number of anilines is 1. The Morgan fingerprint density at radius 1 is 1.64 bits per heavy atom. The second-order valence-electron chi connectivity index (χ2n) is 2.87. The summed E-state index contributed by atoms with van der Waals surface area (Å²) in [5, 5.41) is 3.21. The van der Waals surface area contributed by atoms with E-state index in [0.29, 0.717) is 0 Å². The fraction of sp³-hybridized carbons (Fsp3) is 0.556. The Kier molecular flexibility index (Phi) is 5.10. The van der Waals surface area contributed by atoms with Crippen LogP contribution in [0.3, 0.4) is 0 Å². The van der Waals surface area contributed by atoms with Crippen LogP contribution >= 0.6 is 22.6 Å². The molecule has 0 saturated heterocycles. The van der Waals surface area contributed by atoms with Crippen molar-refractivity contribution < 1.29 is 4.74 Å². The zero-order chi connectivity index (χ0) is 10.4. The van der Waals surface area contributed by atoms with E-state index in [1.807, 2.05) is 13.8 Å². The van der Waals surface area contributed by atoms with Gasteiger partial charge in [-0.2, -0.15) is 0 Å². The average molecular weight is 307 g/mol. The maximum atomic E-state index is 5.40. The van der Waals surface area contributed by atoms with Gasteiger partial charge in [0, 0.05) is 19.3 Å². The molecule has 0 aromatic carbocycles. The van der Waals surface area contributed by atoms with Crippen molar-refractivity contribution in [3.63, 3.8) is 0 Å². The Balaban J connectivity index is 2.41. The zero-order valence-electron chi connectivity index (χ0n) is 8.33. The first-order valence-corrected chi connectivity index (χ1v) is 5.63. The third-order valence-corrected chi connectivity index (χ3v) is 2.47. The van der Waals surface area contributed by atoms with Gasteiger partial charge in [-0.3, -0.25) is 0 Å². The number of nitrogens with one attached hydrogen (secondary N) is 1. The minimum atomic E-state index is 0.200. The lowest BCUT2D eigenvalue weighted by Gasteiger charge is -2.13. The molecule has 78 valence electrons. The summed E-state index contributed by atoms with van der Waals surface area (Å²) in [5.41, 5.74) is 0. The minimum absolute atomic E-state index is 0.200. The Bertz CT molecular complexity index is 283. The molecule has 1 aromatic heterocycles. The molecule has 1 heterocycles. The molecule has 0 aliphatic heterocycles. The van der Waals surface area contributed by atoms with E-state index in [9.17, 15) is 0 Å². The van der Waals surface area contributed by atoms with Crippen LogP contribution in [0.1, 0.15) is 13.8 Å². The largest absolute Gasteiger partial charge is 0.377 e. The third kappa shape index (κ3) is 3.75. The van der Waals surface area contributed by atoms with Gasteiger partial charge in [0.2, 0.25) is 0 Å². The first-order chi connectivity index (χ1) is 6.74. The number of nitrogens with zero attached hydrogens (tertiary/aromatic N) is 2. The van der Waals surface area contributed by atoms with E-state index in [1.54, 1.807) is 6.20 Å². The van der Waals surface area contributed by atoms with Crippen LogP contribution in [0.15, 0.2) is 12.5 Å². The van der Waals surface area contributed by atoms with E-state index in [2.05, 4.69) is 37.9 Å². The Hall–Kier alpha value is -0.430. The molecule has 1 atom stereocenters. The van der Waals surface area contributed by atoms with E-state index in [1.165, 1.54) is 6.33 Å². The van der Waals surface area contributed by atoms with E-state index < -0.39 is 0 Å². The molecule has 1 unspecified atom stereocenters. The lowest BCUT2D eigenvalue weighted by Crippen LogP contribution is -2.20. The molecule has 0 radical (unpaired) electrons. The summed E-state index contributed by atoms with van der Waals surface area (Å²) in [6.07, 6.45) is 3.52. The maximum absolute atomic E-state index is 5.40. The van der Waals surface area contributed by atoms with Gasteiger partial charge in [0.1, 0.15) is 12.1 Å². The number of hydrogen-bond donors (Lipinski definition) is 1. The van der Waals surface area contributed by atoms with Gasteiger partial charge in [-0.05, 0) is 36.4 Å². The van der Waals surface area contributed by atoms with Crippen LogP contribution in [0.2, 0.25) is 0 Å². The maximum Gasteiger partial charge on any atom is 0.142 e. The molecule has 5 heteroatoms. The van der Waals surface area contributed by atoms with Crippen molar-refractivity contribution in [2.24, 2.45) is 0 Å². The van der Waals surface area contributed by atoms with Crippen molar-refractivity contribution in [2.75, 3.05) is 18.5 Å². The highest BCUT2D eigenvalue weighted by Gasteiger charge is 2.03. The fourth-order valence-electron chi connectivity index (χ4n) is 1.03. The molecular weight excluding hydrogens is 293 g/mol. The summed E-state index contributed by atoms with van der Waals surface area (Å²) in [4.78, 5) is 8.04. The predicted molar refractivity (Wildman–Crippen MR) is 64.3 cm³/mol. The molecule has 4 nitrogen and oxygen atoms in total. The number of halogens is 1. The van der Waals surface area contributed by atoms with Gasteiger partial charge in [0.05, 0.1) is 9.67 Å². The molecule has 1 rings (SSSR count). The highest BCUT2D eigenvalue weighted by Crippen LogP contribution is 2.12. The van der Waals surface area contributed by atoms with E-state index in [-0.39, 0.29) is 6.10 Å². The molecule has 14 heavy (non-hydrogen) atoms. The number of rotatable bonds is 5. The summed E-state index contributed by atoms with van der Waals surface area (Å²) in [6, 6.07) is 0. The van der Waals surface area contributed by atoms with Crippen LogP contribution in [0.4, 0.5) is 5.82 Å². The van der Waals surface area contributed by atoms with E-state index in [0.717, 1.165) is 22.5 Å². The smallest absolute Gasteiger partial charge is 0.142 e. The van der Waals surface area contributed by atoms with Crippen LogP contribution in [0.25, 0.3) is 0 Å². The predicted octanol–water partition coefficient (Wildman–Crippen LogP) is 1.92. The highest BCUT2D eigenvalue weighted by molar-refractivity contribution is 14.1. The molecule has 0 bridgehead atoms. The summed E-state index contributed by atoms with van der Waals surface area (Å²) >= 11 is 2.20. The van der Waals surface area contributed by atoms with Crippen molar-refractivity contribution in [3.8, 4) is 0 Å². The first kappa shape index (κ1) is 11.6. The molecule has 0 aliphatic carbocycles. The lowest BCUT2D eigenvalue weighted by molar-refractivity contribution is 0.0854. The van der Waals surface area contributed by atoms with Gasteiger partial charge in [-0.15, -0.1) is 0 Å². The molecule has 0 amide bonds. The van der Waals surface area contributed by atoms with Crippen LogP contribution in [0, 0.1) is 3.57 Å². The van der Waals surface area contributed by atoms with Crippen molar-refractivity contribution >= 4 is 28.4 Å². The fourth-order valence-corrected chi connectivity index (χ4v) is 1.52. The van der Waals surface area contributed by atoms with Gasteiger partial charge in [-0.25, -0.2) is 9.97 Å². The van der Waals surface area contributed by atoms with Crippen LogP contribution in [-0.4, -0.2) is 29.2 Å². The molecule has 0 spiro atoms. The summed E-state index contributed by atoms with van der Waals surface area (Å²) in [7, 11) is 0. The number of aromatic nitrogens is 2. The van der Waals surface area contributed by atoms with E-state index in [4.69, 9.17) is 4.74 Å². The summed E-state index contributed by atoms with van der Waals surface area (Å²) < 4.78 is 6.42. The number of ether oxygens (including phenoxy) is 1. The Labute approximate surface area is 97.6 Å². The highest BCUT2D eigenvalue weighted by atomic mass is 127. The SMILES string of the molecule is CCOC(C)CNc1ncncc1I. The lowest BCUT2D eigenvalue weighted by atomic mass is 10.4. The number of hydrogen-bond acceptors (Lipinski definition) is 4. The van der Waals surface area contributed by atoms with Crippen molar-refractivity contribution in [3.05, 3.63) is 16.1 Å². The van der Waals surface area contributed by atoms with Crippen molar-refractivity contribution in [2.45, 2.75) is 20.0 Å². The van der Waals surface area contributed by atoms with Gasteiger partial charge in [-0.1, -0.05) is 0 Å². The quantitative estimate of drug-likeness (QED) is 0.844. The third-order valence-electron chi connectivity index (χ3n) is 1.68. The first-order valence-electron chi connectivity index (χ1n) is 4.55. The zero-order valence-corrected chi connectivity index (χ0v) is 10.5. The summed E-state index contributed by atoms with van der Waals surface area (Å²) in [6.45, 7) is 5.53. The van der Waals surface area contributed by atoms with Crippen LogP contribution < -0.4 is 5.32 Å². The standard InChI is InChI=1S/C9H14IN3O/c1-3-14-7(2)4-12-9-8(10)5-11-6-13-9/h5-7H,3-4H2,1-2H3,(H,11,12,13). The van der Waals surface area contributed by atoms with Gasteiger partial charge >= 0.3 is 0 Å². The topological polar surface area (TPSA) is 47.0 Å². The van der Waals surface area contributed by atoms with Crippen LogP contribution in [0.5, 0.6) is 0 Å². The summed E-state index contributed by atoms with van der Waals surface area (Å²) in [5.74, 6) is 0.868. The van der Waals surface area contributed by atoms with Crippen molar-refractivity contribution in [1.82, 2.24) is 9.97 Å². The van der Waals surface area contributed by atoms with E-state index >= 15 is 0 Å². The molecule has 0 saturated carbocycles. The molecule has 1 aromatic rings. The molecule has 0 aliphatic rings.